The molecular weight excluding hydrogens is 216 g/mol. The third-order valence-corrected chi connectivity index (χ3v) is 3.89. The van der Waals surface area contributed by atoms with Crippen LogP contribution in [0.25, 0.3) is 0 Å². The van der Waals surface area contributed by atoms with E-state index in [-0.39, 0.29) is 17.2 Å². The zero-order valence-corrected chi connectivity index (χ0v) is 10.2. The number of amides is 2. The molecule has 1 heterocycles. The third kappa shape index (κ3) is 2.27. The van der Waals surface area contributed by atoms with Gasteiger partial charge < -0.3 is 5.73 Å². The molecule has 2 fully saturated rings. The van der Waals surface area contributed by atoms with Gasteiger partial charge in [0.1, 0.15) is 0 Å². The second kappa shape index (κ2) is 5.00. The van der Waals surface area contributed by atoms with Crippen molar-refractivity contribution in [2.45, 2.75) is 38.5 Å². The molecule has 1 saturated heterocycles. The van der Waals surface area contributed by atoms with Crippen molar-refractivity contribution >= 4 is 11.8 Å². The minimum atomic E-state index is -0.355. The van der Waals surface area contributed by atoms with Crippen molar-refractivity contribution < 1.29 is 9.59 Å². The van der Waals surface area contributed by atoms with Crippen molar-refractivity contribution in [2.75, 3.05) is 13.1 Å². The Balaban J connectivity index is 2.07. The Morgan fingerprint density at radius 3 is 2.53 bits per heavy atom. The van der Waals surface area contributed by atoms with E-state index < -0.39 is 0 Å². The van der Waals surface area contributed by atoms with Crippen molar-refractivity contribution in [3.05, 3.63) is 12.2 Å². The molecule has 0 aromatic carbocycles. The number of carbonyl (C=O) groups is 2. The van der Waals surface area contributed by atoms with E-state index >= 15 is 0 Å². The zero-order valence-electron chi connectivity index (χ0n) is 10.2. The summed E-state index contributed by atoms with van der Waals surface area (Å²) in [5.74, 6) is 0.0300. The number of rotatable bonds is 3. The van der Waals surface area contributed by atoms with Gasteiger partial charge in [0, 0.05) is 19.5 Å². The summed E-state index contributed by atoms with van der Waals surface area (Å²) in [5.41, 5.74) is 4.99. The number of hydrogen-bond donors (Lipinski definition) is 1. The van der Waals surface area contributed by atoms with Crippen LogP contribution in [0.3, 0.4) is 0 Å². The van der Waals surface area contributed by atoms with Gasteiger partial charge >= 0.3 is 0 Å². The lowest BCUT2D eigenvalue weighted by atomic mass is 9.73. The van der Waals surface area contributed by atoms with Crippen molar-refractivity contribution in [2.24, 2.45) is 11.1 Å². The van der Waals surface area contributed by atoms with E-state index in [1.807, 2.05) is 0 Å². The lowest BCUT2D eigenvalue weighted by molar-refractivity contribution is -0.141. The van der Waals surface area contributed by atoms with Gasteiger partial charge in [0.05, 0.1) is 5.41 Å². The number of likely N-dealkylation sites (tertiary alicyclic amines) is 1. The molecule has 2 N–H and O–H groups in total. The Bertz CT molecular complexity index is 343. The van der Waals surface area contributed by atoms with Gasteiger partial charge in [0.15, 0.2) is 0 Å². The molecule has 94 valence electrons. The highest BCUT2D eigenvalue weighted by atomic mass is 16.2. The zero-order chi connectivity index (χ0) is 12.3. The number of nitrogens with zero attached hydrogens (tertiary/aromatic N) is 1. The summed E-state index contributed by atoms with van der Waals surface area (Å²) in [6.45, 7) is 0.831. The average Bonchev–Trinajstić information content (AvgIpc) is 2.55. The molecular formula is C13H20N2O2. The highest BCUT2D eigenvalue weighted by Crippen LogP contribution is 2.45. The molecule has 0 bridgehead atoms. The fourth-order valence-electron chi connectivity index (χ4n) is 2.94. The van der Waals surface area contributed by atoms with Gasteiger partial charge in [-0.3, -0.25) is 14.5 Å². The van der Waals surface area contributed by atoms with Crippen LogP contribution in [0.1, 0.15) is 38.5 Å². The summed E-state index contributed by atoms with van der Waals surface area (Å²) in [5, 5.41) is 0. The van der Waals surface area contributed by atoms with Crippen molar-refractivity contribution in [3.8, 4) is 0 Å². The molecule has 2 aliphatic rings. The largest absolute Gasteiger partial charge is 0.327 e. The molecule has 1 aliphatic carbocycles. The summed E-state index contributed by atoms with van der Waals surface area (Å²) >= 11 is 0. The van der Waals surface area contributed by atoms with Gasteiger partial charge in [-0.1, -0.05) is 31.4 Å². The molecule has 17 heavy (non-hydrogen) atoms. The topological polar surface area (TPSA) is 63.4 Å². The molecule has 1 spiro atoms. The van der Waals surface area contributed by atoms with E-state index in [0.717, 1.165) is 25.7 Å². The minimum Gasteiger partial charge on any atom is -0.327 e. The summed E-state index contributed by atoms with van der Waals surface area (Å²) in [7, 11) is 0. The van der Waals surface area contributed by atoms with Crippen LogP contribution in [-0.4, -0.2) is 29.8 Å². The first-order valence-electron chi connectivity index (χ1n) is 6.39. The third-order valence-electron chi connectivity index (χ3n) is 3.89. The van der Waals surface area contributed by atoms with Crippen LogP contribution in [0.4, 0.5) is 0 Å². The molecule has 1 aliphatic heterocycles. The number of nitrogens with two attached hydrogens (primary N) is 1. The number of hydrogen-bond acceptors (Lipinski definition) is 3. The summed E-state index contributed by atoms with van der Waals surface area (Å²) in [6.07, 6.45) is 9.11. The van der Waals surface area contributed by atoms with E-state index in [0.29, 0.717) is 19.5 Å². The molecule has 0 unspecified atom stereocenters. The lowest BCUT2D eigenvalue weighted by Gasteiger charge is -2.30. The molecule has 4 heteroatoms. The second-order valence-corrected chi connectivity index (χ2v) is 5.03. The summed E-state index contributed by atoms with van der Waals surface area (Å²) < 4.78 is 0. The maximum absolute atomic E-state index is 12.3. The summed E-state index contributed by atoms with van der Waals surface area (Å²) in [6, 6.07) is 0. The second-order valence-electron chi connectivity index (χ2n) is 5.03. The fourth-order valence-corrected chi connectivity index (χ4v) is 2.94. The Hall–Kier alpha value is -1.16. The highest BCUT2D eigenvalue weighted by Gasteiger charge is 2.50. The monoisotopic (exact) mass is 236 g/mol. The van der Waals surface area contributed by atoms with Crippen LogP contribution in [0, 0.1) is 5.41 Å². The molecule has 0 radical (unpaired) electrons. The quantitative estimate of drug-likeness (QED) is 0.592. The van der Waals surface area contributed by atoms with Gasteiger partial charge in [-0.05, 0) is 12.8 Å². The predicted molar refractivity (Wildman–Crippen MR) is 65.0 cm³/mol. The molecule has 4 nitrogen and oxygen atoms in total. The van der Waals surface area contributed by atoms with E-state index in [2.05, 4.69) is 0 Å². The van der Waals surface area contributed by atoms with Gasteiger partial charge in [-0.15, -0.1) is 0 Å². The molecule has 2 amide bonds. The standard InChI is InChI=1S/C13H20N2O2/c14-8-4-5-9-15-11(16)10-13(12(15)17)6-2-1-3-7-13/h4-5H,1-3,6-10,14H2/b5-4+. The first kappa shape index (κ1) is 12.3. The maximum Gasteiger partial charge on any atom is 0.236 e. The van der Waals surface area contributed by atoms with Crippen LogP contribution in [0.5, 0.6) is 0 Å². The van der Waals surface area contributed by atoms with Gasteiger partial charge in [-0.25, -0.2) is 0 Å². The first-order chi connectivity index (χ1) is 8.19. The van der Waals surface area contributed by atoms with E-state index in [1.54, 1.807) is 12.2 Å². The van der Waals surface area contributed by atoms with Crippen molar-refractivity contribution in [1.29, 1.82) is 0 Å². The van der Waals surface area contributed by atoms with Gasteiger partial charge in [0.2, 0.25) is 11.8 Å². The van der Waals surface area contributed by atoms with Crippen LogP contribution < -0.4 is 5.73 Å². The average molecular weight is 236 g/mol. The highest BCUT2D eigenvalue weighted by molar-refractivity contribution is 6.06. The number of carbonyl (C=O) groups excluding carboxylic acids is 2. The Morgan fingerprint density at radius 2 is 1.88 bits per heavy atom. The molecule has 1 saturated carbocycles. The minimum absolute atomic E-state index is 0.0152. The molecule has 0 atom stereocenters. The Morgan fingerprint density at radius 1 is 1.18 bits per heavy atom. The van der Waals surface area contributed by atoms with E-state index in [1.165, 1.54) is 11.3 Å². The van der Waals surface area contributed by atoms with Crippen LogP contribution in [0.2, 0.25) is 0 Å². The van der Waals surface area contributed by atoms with Crippen LogP contribution in [0.15, 0.2) is 12.2 Å². The molecule has 0 aromatic heterocycles. The van der Waals surface area contributed by atoms with Crippen molar-refractivity contribution in [3.63, 3.8) is 0 Å². The summed E-state index contributed by atoms with van der Waals surface area (Å²) in [4.78, 5) is 25.6. The first-order valence-corrected chi connectivity index (χ1v) is 6.39. The molecule has 0 aromatic rings. The Labute approximate surface area is 102 Å². The molecule has 2 rings (SSSR count). The predicted octanol–water partition coefficient (Wildman–Crippen LogP) is 1.21. The smallest absolute Gasteiger partial charge is 0.236 e. The SMILES string of the molecule is NC/C=C/CN1C(=O)CC2(CCCCC2)C1=O. The van der Waals surface area contributed by atoms with Gasteiger partial charge in [-0.2, -0.15) is 0 Å². The Kier molecular flexibility index (Phi) is 3.62. The van der Waals surface area contributed by atoms with Crippen molar-refractivity contribution in [1.82, 2.24) is 4.90 Å². The maximum atomic E-state index is 12.3. The van der Waals surface area contributed by atoms with E-state index in [4.69, 9.17) is 5.73 Å². The lowest BCUT2D eigenvalue weighted by Crippen LogP contribution is -2.37. The van der Waals surface area contributed by atoms with Gasteiger partial charge in [0.25, 0.3) is 0 Å². The van der Waals surface area contributed by atoms with E-state index in [9.17, 15) is 9.59 Å². The van der Waals surface area contributed by atoms with Crippen LogP contribution >= 0.6 is 0 Å². The van der Waals surface area contributed by atoms with Crippen LogP contribution in [-0.2, 0) is 9.59 Å². The fraction of sp³-hybridized carbons (Fsp3) is 0.692. The number of imide groups is 1. The normalized spacial score (nSPS) is 24.2.